The molecule has 1 heterocycles. The van der Waals surface area contributed by atoms with Gasteiger partial charge in [-0.15, -0.1) is 0 Å². The Bertz CT molecular complexity index is 736. The molecule has 0 aliphatic carbocycles. The van der Waals surface area contributed by atoms with Crippen LogP contribution in [0.2, 0.25) is 5.02 Å². The van der Waals surface area contributed by atoms with Crippen molar-refractivity contribution in [2.45, 2.75) is 12.5 Å². The molecule has 1 unspecified atom stereocenters. The lowest BCUT2D eigenvalue weighted by atomic mass is 9.97. The lowest BCUT2D eigenvalue weighted by molar-refractivity contribution is 0.179. The molecule has 3 heteroatoms. The third kappa shape index (κ3) is 2.53. The van der Waals surface area contributed by atoms with Crippen molar-refractivity contribution in [2.75, 3.05) is 0 Å². The van der Waals surface area contributed by atoms with Crippen LogP contribution in [-0.4, -0.2) is 10.1 Å². The van der Waals surface area contributed by atoms with Gasteiger partial charge in [0.15, 0.2) is 0 Å². The first-order valence-electron chi connectivity index (χ1n) is 6.50. The third-order valence-corrected chi connectivity index (χ3v) is 3.77. The van der Waals surface area contributed by atoms with E-state index in [1.165, 1.54) is 10.8 Å². The van der Waals surface area contributed by atoms with Crippen LogP contribution in [0.5, 0.6) is 0 Å². The maximum absolute atomic E-state index is 10.4. The summed E-state index contributed by atoms with van der Waals surface area (Å²) in [5, 5.41) is 13.2. The number of rotatable bonds is 3. The van der Waals surface area contributed by atoms with Crippen LogP contribution in [0.3, 0.4) is 0 Å². The summed E-state index contributed by atoms with van der Waals surface area (Å²) in [4.78, 5) is 3.94. The fraction of sp³-hybridized carbons (Fsp3) is 0.118. The molecule has 0 aliphatic heterocycles. The second-order valence-electron chi connectivity index (χ2n) is 4.76. The number of fused-ring (bicyclic) bond motifs is 1. The first kappa shape index (κ1) is 13.1. The number of hydrogen-bond acceptors (Lipinski definition) is 2. The van der Waals surface area contributed by atoms with Crippen molar-refractivity contribution >= 4 is 22.4 Å². The first-order valence-corrected chi connectivity index (χ1v) is 6.87. The van der Waals surface area contributed by atoms with E-state index in [0.29, 0.717) is 11.4 Å². The largest absolute Gasteiger partial charge is 0.388 e. The quantitative estimate of drug-likeness (QED) is 0.783. The van der Waals surface area contributed by atoms with E-state index in [4.69, 9.17) is 11.6 Å². The van der Waals surface area contributed by atoms with Gasteiger partial charge in [0.05, 0.1) is 11.1 Å². The Hall–Kier alpha value is -1.90. The van der Waals surface area contributed by atoms with Gasteiger partial charge in [-0.1, -0.05) is 54.1 Å². The first-order chi connectivity index (χ1) is 9.75. The van der Waals surface area contributed by atoms with Gasteiger partial charge in [-0.05, 0) is 22.4 Å². The fourth-order valence-corrected chi connectivity index (χ4v) is 2.69. The van der Waals surface area contributed by atoms with E-state index < -0.39 is 6.10 Å². The molecule has 1 aromatic heterocycles. The van der Waals surface area contributed by atoms with Crippen LogP contribution in [0.25, 0.3) is 10.8 Å². The number of halogens is 1. The minimum Gasteiger partial charge on any atom is -0.388 e. The Morgan fingerprint density at radius 1 is 1.05 bits per heavy atom. The van der Waals surface area contributed by atoms with Gasteiger partial charge in [-0.3, -0.25) is 4.98 Å². The maximum atomic E-state index is 10.4. The number of hydrogen-bond donors (Lipinski definition) is 1. The molecule has 2 aromatic carbocycles. The molecule has 1 N–H and O–H groups in total. The van der Waals surface area contributed by atoms with Crippen LogP contribution < -0.4 is 0 Å². The summed E-state index contributed by atoms with van der Waals surface area (Å²) >= 11 is 6.08. The minimum atomic E-state index is -0.628. The van der Waals surface area contributed by atoms with Crippen molar-refractivity contribution in [3.63, 3.8) is 0 Å². The molecular formula is C17H14ClNO. The molecule has 20 heavy (non-hydrogen) atoms. The van der Waals surface area contributed by atoms with E-state index in [2.05, 4.69) is 23.2 Å². The van der Waals surface area contributed by atoms with Crippen molar-refractivity contribution in [1.29, 1.82) is 0 Å². The van der Waals surface area contributed by atoms with E-state index in [1.54, 1.807) is 18.5 Å². The van der Waals surface area contributed by atoms with Crippen molar-refractivity contribution in [2.24, 2.45) is 0 Å². The Labute approximate surface area is 122 Å². The predicted octanol–water partition coefficient (Wildman–Crippen LogP) is 4.16. The molecular weight excluding hydrogens is 270 g/mol. The average molecular weight is 284 g/mol. The number of nitrogens with zero attached hydrogens (tertiary/aromatic N) is 1. The SMILES string of the molecule is OC(Cc1cccc2ccccc12)c1ccncc1Cl. The van der Waals surface area contributed by atoms with Gasteiger partial charge in [0, 0.05) is 24.4 Å². The van der Waals surface area contributed by atoms with Crippen LogP contribution in [0, 0.1) is 0 Å². The molecule has 0 fully saturated rings. The number of aliphatic hydroxyl groups excluding tert-OH is 1. The molecule has 3 aromatic rings. The van der Waals surface area contributed by atoms with E-state index >= 15 is 0 Å². The molecule has 0 radical (unpaired) electrons. The zero-order valence-electron chi connectivity index (χ0n) is 10.8. The van der Waals surface area contributed by atoms with Crippen molar-refractivity contribution in [3.8, 4) is 0 Å². The smallest absolute Gasteiger partial charge is 0.0846 e. The highest BCUT2D eigenvalue weighted by Crippen LogP contribution is 2.27. The van der Waals surface area contributed by atoms with Crippen molar-refractivity contribution in [1.82, 2.24) is 4.98 Å². The van der Waals surface area contributed by atoms with Crippen LogP contribution in [0.1, 0.15) is 17.2 Å². The predicted molar refractivity (Wildman–Crippen MR) is 81.9 cm³/mol. The zero-order chi connectivity index (χ0) is 13.9. The van der Waals surface area contributed by atoms with Gasteiger partial charge in [-0.25, -0.2) is 0 Å². The standard InChI is InChI=1S/C17H14ClNO/c18-16-11-19-9-8-15(16)17(20)10-13-6-3-5-12-4-1-2-7-14(12)13/h1-9,11,17,20H,10H2. The van der Waals surface area contributed by atoms with Gasteiger partial charge >= 0.3 is 0 Å². The number of benzene rings is 2. The molecule has 0 spiro atoms. The molecule has 0 bridgehead atoms. The van der Waals surface area contributed by atoms with Crippen LogP contribution in [-0.2, 0) is 6.42 Å². The van der Waals surface area contributed by atoms with Gasteiger partial charge in [0.2, 0.25) is 0 Å². The number of aliphatic hydroxyl groups is 1. The molecule has 1 atom stereocenters. The van der Waals surface area contributed by atoms with Crippen LogP contribution in [0.4, 0.5) is 0 Å². The highest BCUT2D eigenvalue weighted by Gasteiger charge is 2.13. The molecule has 3 rings (SSSR count). The Morgan fingerprint density at radius 3 is 2.70 bits per heavy atom. The second kappa shape index (κ2) is 5.61. The monoisotopic (exact) mass is 283 g/mol. The molecule has 2 nitrogen and oxygen atoms in total. The van der Waals surface area contributed by atoms with Gasteiger partial charge < -0.3 is 5.11 Å². The Morgan fingerprint density at radius 2 is 1.85 bits per heavy atom. The third-order valence-electron chi connectivity index (χ3n) is 3.46. The summed E-state index contributed by atoms with van der Waals surface area (Å²) in [6.07, 6.45) is 3.11. The molecule has 0 saturated carbocycles. The van der Waals surface area contributed by atoms with E-state index in [9.17, 15) is 5.11 Å². The van der Waals surface area contributed by atoms with Crippen LogP contribution in [0.15, 0.2) is 60.9 Å². The minimum absolute atomic E-state index is 0.500. The normalized spacial score (nSPS) is 12.5. The van der Waals surface area contributed by atoms with Gasteiger partial charge in [0.1, 0.15) is 0 Å². The summed E-state index contributed by atoms with van der Waals surface area (Å²) in [5.41, 5.74) is 1.83. The van der Waals surface area contributed by atoms with E-state index in [-0.39, 0.29) is 0 Å². The number of pyridine rings is 1. The summed E-state index contributed by atoms with van der Waals surface area (Å²) in [5.74, 6) is 0. The second-order valence-corrected chi connectivity index (χ2v) is 5.16. The van der Waals surface area contributed by atoms with Crippen LogP contribution >= 0.6 is 11.6 Å². The lowest BCUT2D eigenvalue weighted by Crippen LogP contribution is -2.03. The van der Waals surface area contributed by atoms with E-state index in [0.717, 1.165) is 11.1 Å². The fourth-order valence-electron chi connectivity index (χ4n) is 2.44. The zero-order valence-corrected chi connectivity index (χ0v) is 11.6. The Balaban J connectivity index is 1.96. The molecule has 0 saturated heterocycles. The molecule has 0 amide bonds. The van der Waals surface area contributed by atoms with Crippen molar-refractivity contribution in [3.05, 3.63) is 77.1 Å². The van der Waals surface area contributed by atoms with Crippen molar-refractivity contribution < 1.29 is 5.11 Å². The molecule has 0 aliphatic rings. The lowest BCUT2D eigenvalue weighted by Gasteiger charge is -2.14. The highest BCUT2D eigenvalue weighted by molar-refractivity contribution is 6.31. The highest BCUT2D eigenvalue weighted by atomic mass is 35.5. The average Bonchev–Trinajstić information content (AvgIpc) is 2.48. The van der Waals surface area contributed by atoms with Gasteiger partial charge in [0.25, 0.3) is 0 Å². The summed E-state index contributed by atoms with van der Waals surface area (Å²) in [7, 11) is 0. The summed E-state index contributed by atoms with van der Waals surface area (Å²) in [6.45, 7) is 0. The number of aromatic nitrogens is 1. The van der Waals surface area contributed by atoms with Gasteiger partial charge in [-0.2, -0.15) is 0 Å². The summed E-state index contributed by atoms with van der Waals surface area (Å²) < 4.78 is 0. The topological polar surface area (TPSA) is 33.1 Å². The molecule has 100 valence electrons. The summed E-state index contributed by atoms with van der Waals surface area (Å²) in [6, 6.07) is 16.1. The Kier molecular flexibility index (Phi) is 3.68. The maximum Gasteiger partial charge on any atom is 0.0846 e. The van der Waals surface area contributed by atoms with E-state index in [1.807, 2.05) is 24.3 Å².